The minimum absolute atomic E-state index is 0.204. The Hall–Kier alpha value is -0.930. The Kier molecular flexibility index (Phi) is 5.59. The SMILES string of the molecule is CCN(CCNC(C)(C)C)Cc1ccncc1. The highest BCUT2D eigenvalue weighted by Gasteiger charge is 2.09. The van der Waals surface area contributed by atoms with Gasteiger partial charge in [0.15, 0.2) is 0 Å². The fourth-order valence-electron chi connectivity index (χ4n) is 1.68. The molecule has 0 saturated carbocycles. The summed E-state index contributed by atoms with van der Waals surface area (Å²) in [6.45, 7) is 13.0. The molecule has 1 N–H and O–H groups in total. The van der Waals surface area contributed by atoms with Crippen LogP contribution in [0.3, 0.4) is 0 Å². The van der Waals surface area contributed by atoms with Crippen LogP contribution in [0, 0.1) is 0 Å². The van der Waals surface area contributed by atoms with Crippen molar-refractivity contribution in [2.24, 2.45) is 0 Å². The molecule has 3 nitrogen and oxygen atoms in total. The molecule has 96 valence electrons. The van der Waals surface area contributed by atoms with Crippen molar-refractivity contribution < 1.29 is 0 Å². The van der Waals surface area contributed by atoms with Crippen molar-refractivity contribution in [3.8, 4) is 0 Å². The molecular formula is C14H25N3. The van der Waals surface area contributed by atoms with Crippen LogP contribution in [-0.2, 0) is 6.54 Å². The summed E-state index contributed by atoms with van der Waals surface area (Å²) < 4.78 is 0. The van der Waals surface area contributed by atoms with Crippen LogP contribution in [0.1, 0.15) is 33.3 Å². The van der Waals surface area contributed by atoms with Crippen LogP contribution < -0.4 is 5.32 Å². The molecule has 0 aliphatic rings. The quantitative estimate of drug-likeness (QED) is 0.820. The zero-order chi connectivity index (χ0) is 12.7. The number of pyridine rings is 1. The summed E-state index contributed by atoms with van der Waals surface area (Å²) in [5, 5.41) is 3.52. The molecule has 0 fully saturated rings. The number of hydrogen-bond acceptors (Lipinski definition) is 3. The third kappa shape index (κ3) is 6.39. The fourth-order valence-corrected chi connectivity index (χ4v) is 1.68. The van der Waals surface area contributed by atoms with Crippen LogP contribution in [0.25, 0.3) is 0 Å². The van der Waals surface area contributed by atoms with E-state index in [1.165, 1.54) is 5.56 Å². The first-order valence-electron chi connectivity index (χ1n) is 6.37. The van der Waals surface area contributed by atoms with Gasteiger partial charge in [0.1, 0.15) is 0 Å². The lowest BCUT2D eigenvalue weighted by atomic mass is 10.1. The average Bonchev–Trinajstić information content (AvgIpc) is 2.27. The van der Waals surface area contributed by atoms with Crippen LogP contribution in [0.5, 0.6) is 0 Å². The molecule has 1 heterocycles. The highest BCUT2D eigenvalue weighted by Crippen LogP contribution is 2.03. The van der Waals surface area contributed by atoms with Gasteiger partial charge in [-0.1, -0.05) is 6.92 Å². The van der Waals surface area contributed by atoms with Gasteiger partial charge in [-0.25, -0.2) is 0 Å². The summed E-state index contributed by atoms with van der Waals surface area (Å²) >= 11 is 0. The number of aromatic nitrogens is 1. The normalized spacial score (nSPS) is 12.1. The minimum atomic E-state index is 0.204. The van der Waals surface area contributed by atoms with E-state index in [-0.39, 0.29) is 5.54 Å². The van der Waals surface area contributed by atoms with Crippen molar-refractivity contribution in [1.29, 1.82) is 0 Å². The van der Waals surface area contributed by atoms with Crippen molar-refractivity contribution in [2.75, 3.05) is 19.6 Å². The van der Waals surface area contributed by atoms with E-state index < -0.39 is 0 Å². The van der Waals surface area contributed by atoms with Crippen LogP contribution in [0.4, 0.5) is 0 Å². The molecule has 1 rings (SSSR count). The molecule has 0 aliphatic heterocycles. The van der Waals surface area contributed by atoms with E-state index in [0.29, 0.717) is 0 Å². The first-order valence-corrected chi connectivity index (χ1v) is 6.37. The van der Waals surface area contributed by atoms with Crippen LogP contribution >= 0.6 is 0 Å². The number of likely N-dealkylation sites (N-methyl/N-ethyl adjacent to an activating group) is 1. The zero-order valence-corrected chi connectivity index (χ0v) is 11.5. The molecule has 0 amide bonds. The van der Waals surface area contributed by atoms with Gasteiger partial charge in [-0.15, -0.1) is 0 Å². The van der Waals surface area contributed by atoms with Crippen molar-refractivity contribution in [3.63, 3.8) is 0 Å². The van der Waals surface area contributed by atoms with E-state index in [2.05, 4.69) is 55.0 Å². The van der Waals surface area contributed by atoms with Crippen molar-refractivity contribution in [1.82, 2.24) is 15.2 Å². The number of nitrogens with zero attached hydrogens (tertiary/aromatic N) is 2. The van der Waals surface area contributed by atoms with Gasteiger partial charge in [0, 0.05) is 37.6 Å². The lowest BCUT2D eigenvalue weighted by Gasteiger charge is -2.25. The largest absolute Gasteiger partial charge is 0.311 e. The maximum absolute atomic E-state index is 4.04. The molecule has 1 aromatic rings. The van der Waals surface area contributed by atoms with E-state index in [9.17, 15) is 0 Å². The summed E-state index contributed by atoms with van der Waals surface area (Å²) in [6.07, 6.45) is 3.72. The molecule has 0 bridgehead atoms. The third-order valence-corrected chi connectivity index (χ3v) is 2.69. The van der Waals surface area contributed by atoms with Gasteiger partial charge in [-0.2, -0.15) is 0 Å². The number of rotatable bonds is 6. The molecule has 0 radical (unpaired) electrons. The molecule has 17 heavy (non-hydrogen) atoms. The van der Waals surface area contributed by atoms with Gasteiger partial charge in [0.05, 0.1) is 0 Å². The first kappa shape index (κ1) is 14.1. The summed E-state index contributed by atoms with van der Waals surface area (Å²) in [7, 11) is 0. The smallest absolute Gasteiger partial charge is 0.0271 e. The first-order chi connectivity index (χ1) is 8.01. The second-order valence-electron chi connectivity index (χ2n) is 5.40. The summed E-state index contributed by atoms with van der Waals surface area (Å²) in [4.78, 5) is 6.48. The second kappa shape index (κ2) is 6.72. The summed E-state index contributed by atoms with van der Waals surface area (Å²) in [5.41, 5.74) is 1.54. The standard InChI is InChI=1S/C14H25N3/c1-5-17(11-10-16-14(2,3)4)12-13-6-8-15-9-7-13/h6-9,16H,5,10-12H2,1-4H3. The second-order valence-corrected chi connectivity index (χ2v) is 5.40. The van der Waals surface area contributed by atoms with Crippen LogP contribution in [0.15, 0.2) is 24.5 Å². The van der Waals surface area contributed by atoms with Gasteiger partial charge < -0.3 is 5.32 Å². The highest BCUT2D eigenvalue weighted by molar-refractivity contribution is 5.09. The van der Waals surface area contributed by atoms with Gasteiger partial charge >= 0.3 is 0 Å². The molecule has 0 aliphatic carbocycles. The van der Waals surface area contributed by atoms with E-state index >= 15 is 0 Å². The van der Waals surface area contributed by atoms with E-state index in [0.717, 1.165) is 26.2 Å². The van der Waals surface area contributed by atoms with E-state index in [1.807, 2.05) is 12.4 Å². The van der Waals surface area contributed by atoms with Gasteiger partial charge in [0.2, 0.25) is 0 Å². The molecule has 0 aromatic carbocycles. The van der Waals surface area contributed by atoms with Crippen molar-refractivity contribution in [3.05, 3.63) is 30.1 Å². The molecular weight excluding hydrogens is 210 g/mol. The van der Waals surface area contributed by atoms with Gasteiger partial charge in [0.25, 0.3) is 0 Å². The maximum atomic E-state index is 4.04. The van der Waals surface area contributed by atoms with Crippen molar-refractivity contribution in [2.45, 2.75) is 39.8 Å². The maximum Gasteiger partial charge on any atom is 0.0271 e. The summed E-state index contributed by atoms with van der Waals surface area (Å²) in [5.74, 6) is 0. The van der Waals surface area contributed by atoms with Gasteiger partial charge in [-0.05, 0) is 45.0 Å². The fraction of sp³-hybridized carbons (Fsp3) is 0.643. The molecule has 0 spiro atoms. The average molecular weight is 235 g/mol. The topological polar surface area (TPSA) is 28.2 Å². The molecule has 0 atom stereocenters. The Morgan fingerprint density at radius 3 is 2.41 bits per heavy atom. The highest BCUT2D eigenvalue weighted by atomic mass is 15.1. The summed E-state index contributed by atoms with van der Waals surface area (Å²) in [6, 6.07) is 4.17. The monoisotopic (exact) mass is 235 g/mol. The molecule has 0 unspecified atom stereocenters. The Morgan fingerprint density at radius 1 is 1.24 bits per heavy atom. The molecule has 1 aromatic heterocycles. The van der Waals surface area contributed by atoms with Crippen LogP contribution in [-0.4, -0.2) is 35.1 Å². The Bertz CT molecular complexity index is 303. The van der Waals surface area contributed by atoms with E-state index in [4.69, 9.17) is 0 Å². The zero-order valence-electron chi connectivity index (χ0n) is 11.5. The molecule has 0 saturated heterocycles. The third-order valence-electron chi connectivity index (χ3n) is 2.69. The Labute approximate surface area is 105 Å². The van der Waals surface area contributed by atoms with E-state index in [1.54, 1.807) is 0 Å². The lowest BCUT2D eigenvalue weighted by Crippen LogP contribution is -2.41. The van der Waals surface area contributed by atoms with Gasteiger partial charge in [-0.3, -0.25) is 9.88 Å². The molecule has 3 heteroatoms. The number of nitrogens with one attached hydrogen (secondary N) is 1. The van der Waals surface area contributed by atoms with Crippen molar-refractivity contribution >= 4 is 0 Å². The predicted molar refractivity (Wildman–Crippen MR) is 72.9 cm³/mol. The predicted octanol–water partition coefficient (Wildman–Crippen LogP) is 2.29. The Morgan fingerprint density at radius 2 is 1.88 bits per heavy atom. The van der Waals surface area contributed by atoms with Crippen LogP contribution in [0.2, 0.25) is 0 Å². The Balaban J connectivity index is 2.34. The minimum Gasteiger partial charge on any atom is -0.311 e. The lowest BCUT2D eigenvalue weighted by molar-refractivity contribution is 0.266. The number of hydrogen-bond donors (Lipinski definition) is 1.